The van der Waals surface area contributed by atoms with Gasteiger partial charge in [-0.3, -0.25) is 0 Å². The Morgan fingerprint density at radius 2 is 1.89 bits per heavy atom. The van der Waals surface area contributed by atoms with Gasteiger partial charge < -0.3 is 10.1 Å². The fraction of sp³-hybridized carbons (Fsp3) is 0.250. The van der Waals surface area contributed by atoms with E-state index in [4.69, 9.17) is 4.74 Å². The fourth-order valence-corrected chi connectivity index (χ4v) is 2.60. The SMILES string of the molecule is CNCc1cccc(SCCOc2ccccc2)c1. The molecule has 19 heavy (non-hydrogen) atoms. The van der Waals surface area contributed by atoms with Crippen molar-refractivity contribution in [3.05, 3.63) is 60.2 Å². The summed E-state index contributed by atoms with van der Waals surface area (Å²) < 4.78 is 5.67. The number of rotatable bonds is 7. The van der Waals surface area contributed by atoms with Crippen molar-refractivity contribution in [2.75, 3.05) is 19.4 Å². The summed E-state index contributed by atoms with van der Waals surface area (Å²) in [5.41, 5.74) is 1.32. The first-order valence-corrected chi connectivity index (χ1v) is 7.41. The number of benzene rings is 2. The van der Waals surface area contributed by atoms with E-state index in [2.05, 4.69) is 29.6 Å². The Labute approximate surface area is 119 Å². The predicted molar refractivity (Wildman–Crippen MR) is 81.9 cm³/mol. The molecule has 0 saturated carbocycles. The second kappa shape index (κ2) is 7.87. The van der Waals surface area contributed by atoms with Gasteiger partial charge in [0.1, 0.15) is 5.75 Å². The van der Waals surface area contributed by atoms with Gasteiger partial charge in [0, 0.05) is 17.2 Å². The van der Waals surface area contributed by atoms with Gasteiger partial charge in [0.2, 0.25) is 0 Å². The smallest absolute Gasteiger partial charge is 0.119 e. The Balaban J connectivity index is 1.75. The van der Waals surface area contributed by atoms with Crippen molar-refractivity contribution in [1.29, 1.82) is 0 Å². The summed E-state index contributed by atoms with van der Waals surface area (Å²) in [6.45, 7) is 1.64. The molecule has 0 aliphatic carbocycles. The minimum absolute atomic E-state index is 0.727. The Kier molecular flexibility index (Phi) is 5.79. The molecule has 0 bridgehead atoms. The zero-order valence-electron chi connectivity index (χ0n) is 11.1. The van der Waals surface area contributed by atoms with E-state index in [-0.39, 0.29) is 0 Å². The fourth-order valence-electron chi connectivity index (χ4n) is 1.79. The number of thioether (sulfide) groups is 1. The molecule has 0 atom stereocenters. The maximum atomic E-state index is 5.67. The second-order valence-electron chi connectivity index (χ2n) is 4.19. The lowest BCUT2D eigenvalue weighted by molar-refractivity contribution is 0.344. The van der Waals surface area contributed by atoms with Gasteiger partial charge in [-0.05, 0) is 36.9 Å². The molecule has 3 heteroatoms. The molecule has 0 aliphatic heterocycles. The van der Waals surface area contributed by atoms with Gasteiger partial charge in [-0.25, -0.2) is 0 Å². The molecule has 0 spiro atoms. The van der Waals surface area contributed by atoms with Crippen LogP contribution in [0.3, 0.4) is 0 Å². The third-order valence-corrected chi connectivity index (χ3v) is 3.60. The number of hydrogen-bond acceptors (Lipinski definition) is 3. The van der Waals surface area contributed by atoms with Crippen molar-refractivity contribution in [2.24, 2.45) is 0 Å². The highest BCUT2D eigenvalue weighted by Crippen LogP contribution is 2.19. The van der Waals surface area contributed by atoms with Crippen LogP contribution in [0, 0.1) is 0 Å². The quantitative estimate of drug-likeness (QED) is 0.615. The molecule has 2 aromatic carbocycles. The summed E-state index contributed by atoms with van der Waals surface area (Å²) in [7, 11) is 1.97. The number of ether oxygens (including phenoxy) is 1. The first-order valence-electron chi connectivity index (χ1n) is 6.42. The van der Waals surface area contributed by atoms with Crippen molar-refractivity contribution >= 4 is 11.8 Å². The van der Waals surface area contributed by atoms with Crippen LogP contribution < -0.4 is 10.1 Å². The van der Waals surface area contributed by atoms with Crippen LogP contribution in [0.5, 0.6) is 5.75 Å². The van der Waals surface area contributed by atoms with Crippen LogP contribution >= 0.6 is 11.8 Å². The summed E-state index contributed by atoms with van der Waals surface area (Å²) in [4.78, 5) is 1.30. The number of hydrogen-bond donors (Lipinski definition) is 1. The Hall–Kier alpha value is -1.45. The normalized spacial score (nSPS) is 10.4. The molecule has 0 radical (unpaired) electrons. The monoisotopic (exact) mass is 273 g/mol. The van der Waals surface area contributed by atoms with Crippen LogP contribution in [0.4, 0.5) is 0 Å². The third kappa shape index (κ3) is 4.97. The van der Waals surface area contributed by atoms with Crippen LogP contribution in [0.2, 0.25) is 0 Å². The van der Waals surface area contributed by atoms with E-state index in [0.717, 1.165) is 24.7 Å². The number of para-hydroxylation sites is 1. The second-order valence-corrected chi connectivity index (χ2v) is 5.36. The van der Waals surface area contributed by atoms with E-state index in [1.54, 1.807) is 0 Å². The molecule has 0 fully saturated rings. The lowest BCUT2D eigenvalue weighted by atomic mass is 10.2. The van der Waals surface area contributed by atoms with Crippen molar-refractivity contribution in [3.63, 3.8) is 0 Å². The molecular formula is C16H19NOS. The molecule has 0 aliphatic rings. The molecule has 0 amide bonds. The van der Waals surface area contributed by atoms with Crippen LogP contribution in [0.1, 0.15) is 5.56 Å². The van der Waals surface area contributed by atoms with Crippen LogP contribution in [-0.4, -0.2) is 19.4 Å². The Bertz CT molecular complexity index is 487. The molecule has 2 nitrogen and oxygen atoms in total. The minimum Gasteiger partial charge on any atom is -0.493 e. The van der Waals surface area contributed by atoms with E-state index in [0.29, 0.717) is 0 Å². The van der Waals surface area contributed by atoms with Crippen molar-refractivity contribution in [2.45, 2.75) is 11.4 Å². The van der Waals surface area contributed by atoms with Gasteiger partial charge in [-0.2, -0.15) is 0 Å². The molecule has 100 valence electrons. The lowest BCUT2D eigenvalue weighted by Gasteiger charge is -2.07. The van der Waals surface area contributed by atoms with Gasteiger partial charge in [-0.15, -0.1) is 11.8 Å². The predicted octanol–water partition coefficient (Wildman–Crippen LogP) is 3.58. The molecule has 2 rings (SSSR count). The Morgan fingerprint density at radius 1 is 1.05 bits per heavy atom. The van der Waals surface area contributed by atoms with E-state index in [1.807, 2.05) is 49.1 Å². The largest absolute Gasteiger partial charge is 0.493 e. The maximum Gasteiger partial charge on any atom is 0.119 e. The van der Waals surface area contributed by atoms with E-state index in [1.165, 1.54) is 10.5 Å². The highest BCUT2D eigenvalue weighted by Gasteiger charge is 1.97. The highest BCUT2D eigenvalue weighted by atomic mass is 32.2. The molecule has 0 saturated heterocycles. The highest BCUT2D eigenvalue weighted by molar-refractivity contribution is 7.99. The van der Waals surface area contributed by atoms with Crippen LogP contribution in [0.15, 0.2) is 59.5 Å². The molecule has 2 aromatic rings. The summed E-state index contributed by atoms with van der Waals surface area (Å²) >= 11 is 1.83. The van der Waals surface area contributed by atoms with Gasteiger partial charge in [0.25, 0.3) is 0 Å². The average molecular weight is 273 g/mol. The van der Waals surface area contributed by atoms with Gasteiger partial charge in [0.15, 0.2) is 0 Å². The third-order valence-electron chi connectivity index (χ3n) is 2.64. The zero-order chi connectivity index (χ0) is 13.3. The van der Waals surface area contributed by atoms with Gasteiger partial charge in [0.05, 0.1) is 6.61 Å². The summed E-state index contributed by atoms with van der Waals surface area (Å²) in [6.07, 6.45) is 0. The van der Waals surface area contributed by atoms with Crippen LogP contribution in [0.25, 0.3) is 0 Å². The average Bonchev–Trinajstić information content (AvgIpc) is 2.46. The topological polar surface area (TPSA) is 21.3 Å². The van der Waals surface area contributed by atoms with E-state index >= 15 is 0 Å². The molecular weight excluding hydrogens is 254 g/mol. The summed E-state index contributed by atoms with van der Waals surface area (Å²) in [6, 6.07) is 18.6. The van der Waals surface area contributed by atoms with Gasteiger partial charge in [-0.1, -0.05) is 30.3 Å². The van der Waals surface area contributed by atoms with Crippen molar-refractivity contribution in [1.82, 2.24) is 5.32 Å². The Morgan fingerprint density at radius 3 is 2.68 bits per heavy atom. The molecule has 0 aromatic heterocycles. The van der Waals surface area contributed by atoms with E-state index in [9.17, 15) is 0 Å². The van der Waals surface area contributed by atoms with E-state index < -0.39 is 0 Å². The minimum atomic E-state index is 0.727. The first kappa shape index (κ1) is 14.0. The summed E-state index contributed by atoms with van der Waals surface area (Å²) in [5.74, 6) is 1.89. The zero-order valence-corrected chi connectivity index (χ0v) is 12.0. The van der Waals surface area contributed by atoms with Crippen LogP contribution in [-0.2, 0) is 6.54 Å². The number of nitrogens with one attached hydrogen (secondary N) is 1. The molecule has 1 N–H and O–H groups in total. The molecule has 0 heterocycles. The van der Waals surface area contributed by atoms with Gasteiger partial charge >= 0.3 is 0 Å². The van der Waals surface area contributed by atoms with Crippen molar-refractivity contribution < 1.29 is 4.74 Å². The summed E-state index contributed by atoms with van der Waals surface area (Å²) in [5, 5.41) is 3.17. The maximum absolute atomic E-state index is 5.67. The lowest BCUT2D eigenvalue weighted by Crippen LogP contribution is -2.04. The van der Waals surface area contributed by atoms with Crippen molar-refractivity contribution in [3.8, 4) is 5.75 Å². The standard InChI is InChI=1S/C16H19NOS/c1-17-13-14-6-5-9-16(12-14)19-11-10-18-15-7-3-2-4-8-15/h2-9,12,17H,10-11,13H2,1H3. The first-order chi connectivity index (χ1) is 9.38. The molecule has 0 unspecified atom stereocenters.